The standard InChI is InChI=1S/C18H24N2O/c1-5-21-17-8-6-7-15(11-17)13-19-16-10-9-14(2)18(12-16)20(3)4/h6-12,19H,5,13H2,1-4H3. The quantitative estimate of drug-likeness (QED) is 0.865. The Morgan fingerprint density at radius 3 is 2.62 bits per heavy atom. The lowest BCUT2D eigenvalue weighted by Gasteiger charge is -2.17. The normalized spacial score (nSPS) is 10.3. The zero-order chi connectivity index (χ0) is 15.2. The van der Waals surface area contributed by atoms with Crippen molar-refractivity contribution >= 4 is 11.4 Å². The molecule has 2 rings (SSSR count). The van der Waals surface area contributed by atoms with Gasteiger partial charge in [-0.1, -0.05) is 18.2 Å². The number of rotatable bonds is 6. The fraction of sp³-hybridized carbons (Fsp3) is 0.333. The largest absolute Gasteiger partial charge is 0.494 e. The van der Waals surface area contributed by atoms with Crippen LogP contribution in [0, 0.1) is 6.92 Å². The number of nitrogens with one attached hydrogen (secondary N) is 1. The molecule has 0 aromatic heterocycles. The van der Waals surface area contributed by atoms with Crippen molar-refractivity contribution < 1.29 is 4.74 Å². The Balaban J connectivity index is 2.06. The van der Waals surface area contributed by atoms with Crippen LogP contribution >= 0.6 is 0 Å². The van der Waals surface area contributed by atoms with E-state index in [-0.39, 0.29) is 0 Å². The summed E-state index contributed by atoms with van der Waals surface area (Å²) < 4.78 is 5.53. The minimum atomic E-state index is 0.695. The van der Waals surface area contributed by atoms with Crippen molar-refractivity contribution in [2.45, 2.75) is 20.4 Å². The molecule has 0 radical (unpaired) electrons. The van der Waals surface area contributed by atoms with E-state index in [9.17, 15) is 0 Å². The molecule has 0 heterocycles. The molecule has 3 heteroatoms. The Labute approximate surface area is 127 Å². The predicted molar refractivity (Wildman–Crippen MR) is 90.4 cm³/mol. The van der Waals surface area contributed by atoms with Gasteiger partial charge < -0.3 is 15.0 Å². The summed E-state index contributed by atoms with van der Waals surface area (Å²) >= 11 is 0. The number of aryl methyl sites for hydroxylation is 1. The molecule has 0 atom stereocenters. The van der Waals surface area contributed by atoms with Crippen molar-refractivity contribution in [1.82, 2.24) is 0 Å². The molecule has 1 N–H and O–H groups in total. The van der Waals surface area contributed by atoms with E-state index in [1.165, 1.54) is 16.8 Å². The van der Waals surface area contributed by atoms with Crippen LogP contribution in [-0.2, 0) is 6.54 Å². The molecule has 112 valence electrons. The first-order valence-corrected chi connectivity index (χ1v) is 7.33. The molecule has 2 aromatic rings. The third kappa shape index (κ3) is 4.15. The first kappa shape index (κ1) is 15.2. The van der Waals surface area contributed by atoms with Crippen LogP contribution in [0.1, 0.15) is 18.1 Å². The van der Waals surface area contributed by atoms with E-state index in [4.69, 9.17) is 4.74 Å². The van der Waals surface area contributed by atoms with Gasteiger partial charge in [0.15, 0.2) is 0 Å². The lowest BCUT2D eigenvalue weighted by molar-refractivity contribution is 0.340. The van der Waals surface area contributed by atoms with Crippen LogP contribution in [0.25, 0.3) is 0 Å². The summed E-state index contributed by atoms with van der Waals surface area (Å²) in [5.41, 5.74) is 4.87. The molecule has 0 amide bonds. The number of nitrogens with zero attached hydrogens (tertiary/aromatic N) is 1. The molecule has 2 aromatic carbocycles. The second-order valence-electron chi connectivity index (χ2n) is 5.33. The summed E-state index contributed by atoms with van der Waals surface area (Å²) in [6.07, 6.45) is 0. The van der Waals surface area contributed by atoms with Gasteiger partial charge >= 0.3 is 0 Å². The second-order valence-corrected chi connectivity index (χ2v) is 5.33. The van der Waals surface area contributed by atoms with Gasteiger partial charge in [-0.15, -0.1) is 0 Å². The van der Waals surface area contributed by atoms with Crippen LogP contribution < -0.4 is 15.0 Å². The van der Waals surface area contributed by atoms with E-state index in [0.717, 1.165) is 18.0 Å². The molecule has 0 spiro atoms. The lowest BCUT2D eigenvalue weighted by atomic mass is 10.1. The van der Waals surface area contributed by atoms with Crippen LogP contribution in [0.2, 0.25) is 0 Å². The molecule has 0 saturated carbocycles. The van der Waals surface area contributed by atoms with Crippen molar-refractivity contribution in [2.75, 3.05) is 30.9 Å². The first-order valence-electron chi connectivity index (χ1n) is 7.33. The van der Waals surface area contributed by atoms with Crippen LogP contribution in [0.4, 0.5) is 11.4 Å². The van der Waals surface area contributed by atoms with Gasteiger partial charge in [0.1, 0.15) is 5.75 Å². The average molecular weight is 284 g/mol. The van der Waals surface area contributed by atoms with Crippen LogP contribution in [0.5, 0.6) is 5.75 Å². The molecule has 3 nitrogen and oxygen atoms in total. The highest BCUT2D eigenvalue weighted by molar-refractivity contribution is 5.62. The summed E-state index contributed by atoms with van der Waals surface area (Å²) in [5, 5.41) is 3.47. The fourth-order valence-corrected chi connectivity index (χ4v) is 2.32. The maximum absolute atomic E-state index is 5.53. The third-order valence-corrected chi connectivity index (χ3v) is 3.40. The summed E-state index contributed by atoms with van der Waals surface area (Å²) in [4.78, 5) is 2.14. The Kier molecular flexibility index (Phi) is 5.09. The van der Waals surface area contributed by atoms with E-state index in [2.05, 4.69) is 61.6 Å². The predicted octanol–water partition coefficient (Wildman–Crippen LogP) is 4.07. The molecule has 0 unspecified atom stereocenters. The van der Waals surface area contributed by atoms with E-state index < -0.39 is 0 Å². The maximum Gasteiger partial charge on any atom is 0.119 e. The van der Waals surface area contributed by atoms with Gasteiger partial charge in [-0.05, 0) is 49.2 Å². The van der Waals surface area contributed by atoms with E-state index in [0.29, 0.717) is 6.61 Å². The number of hydrogen-bond acceptors (Lipinski definition) is 3. The molecule has 0 fully saturated rings. The van der Waals surface area contributed by atoms with Gasteiger partial charge in [0.05, 0.1) is 6.61 Å². The minimum absolute atomic E-state index is 0.695. The van der Waals surface area contributed by atoms with Crippen LogP contribution in [0.15, 0.2) is 42.5 Å². The highest BCUT2D eigenvalue weighted by atomic mass is 16.5. The maximum atomic E-state index is 5.53. The van der Waals surface area contributed by atoms with Gasteiger partial charge in [-0.2, -0.15) is 0 Å². The lowest BCUT2D eigenvalue weighted by Crippen LogP contribution is -2.11. The summed E-state index contributed by atoms with van der Waals surface area (Å²) in [6.45, 7) is 5.61. The number of benzene rings is 2. The second kappa shape index (κ2) is 7.02. The Morgan fingerprint density at radius 2 is 1.90 bits per heavy atom. The van der Waals surface area contributed by atoms with Crippen molar-refractivity contribution in [2.24, 2.45) is 0 Å². The summed E-state index contributed by atoms with van der Waals surface area (Å²) in [5.74, 6) is 0.926. The van der Waals surface area contributed by atoms with E-state index in [1.807, 2.05) is 19.1 Å². The molecule has 0 bridgehead atoms. The Bertz CT molecular complexity index is 594. The van der Waals surface area contributed by atoms with Gasteiger partial charge in [-0.25, -0.2) is 0 Å². The van der Waals surface area contributed by atoms with Gasteiger partial charge in [0.25, 0.3) is 0 Å². The smallest absolute Gasteiger partial charge is 0.119 e. The van der Waals surface area contributed by atoms with E-state index in [1.54, 1.807) is 0 Å². The number of anilines is 2. The highest BCUT2D eigenvalue weighted by Gasteiger charge is 2.03. The molecule has 0 aliphatic heterocycles. The number of hydrogen-bond donors (Lipinski definition) is 1. The average Bonchev–Trinajstić information content (AvgIpc) is 2.47. The molecule has 0 aliphatic carbocycles. The van der Waals surface area contributed by atoms with Gasteiger partial charge in [0, 0.05) is 32.0 Å². The monoisotopic (exact) mass is 284 g/mol. The van der Waals surface area contributed by atoms with Crippen molar-refractivity contribution in [3.05, 3.63) is 53.6 Å². The molecule has 0 aliphatic rings. The molecule has 0 saturated heterocycles. The van der Waals surface area contributed by atoms with Crippen molar-refractivity contribution in [3.8, 4) is 5.75 Å². The zero-order valence-corrected chi connectivity index (χ0v) is 13.3. The van der Waals surface area contributed by atoms with E-state index >= 15 is 0 Å². The van der Waals surface area contributed by atoms with Crippen molar-refractivity contribution in [1.29, 1.82) is 0 Å². The first-order chi connectivity index (χ1) is 10.1. The highest BCUT2D eigenvalue weighted by Crippen LogP contribution is 2.23. The topological polar surface area (TPSA) is 24.5 Å². The molecular formula is C18H24N2O. The Morgan fingerprint density at radius 1 is 1.10 bits per heavy atom. The molecular weight excluding hydrogens is 260 g/mol. The third-order valence-electron chi connectivity index (χ3n) is 3.40. The van der Waals surface area contributed by atoms with Gasteiger partial charge in [0.2, 0.25) is 0 Å². The zero-order valence-electron chi connectivity index (χ0n) is 13.3. The fourth-order valence-electron chi connectivity index (χ4n) is 2.32. The van der Waals surface area contributed by atoms with Crippen LogP contribution in [0.3, 0.4) is 0 Å². The SMILES string of the molecule is CCOc1cccc(CNc2ccc(C)c(N(C)C)c2)c1. The molecule has 21 heavy (non-hydrogen) atoms. The van der Waals surface area contributed by atoms with Crippen molar-refractivity contribution in [3.63, 3.8) is 0 Å². The van der Waals surface area contributed by atoms with Crippen LogP contribution in [-0.4, -0.2) is 20.7 Å². The minimum Gasteiger partial charge on any atom is -0.494 e. The Hall–Kier alpha value is -2.16. The number of ether oxygens (including phenoxy) is 1. The summed E-state index contributed by atoms with van der Waals surface area (Å²) in [6, 6.07) is 14.7. The summed E-state index contributed by atoms with van der Waals surface area (Å²) in [7, 11) is 4.13. The van der Waals surface area contributed by atoms with Gasteiger partial charge in [-0.3, -0.25) is 0 Å².